The van der Waals surface area contributed by atoms with E-state index in [0.29, 0.717) is 5.57 Å². The van der Waals surface area contributed by atoms with Crippen molar-refractivity contribution in [3.05, 3.63) is 34.8 Å². The molecule has 0 heterocycles. The molecule has 13 heavy (non-hydrogen) atoms. The van der Waals surface area contributed by atoms with Gasteiger partial charge in [-0.3, -0.25) is 4.55 Å². The van der Waals surface area contributed by atoms with Crippen molar-refractivity contribution in [2.45, 2.75) is 13.8 Å². The quantitative estimate of drug-likeness (QED) is 0.658. The molecule has 1 aliphatic carbocycles. The highest BCUT2D eigenvalue weighted by Crippen LogP contribution is 2.29. The number of rotatable bonds is 1. The van der Waals surface area contributed by atoms with Crippen LogP contribution in [0.2, 0.25) is 0 Å². The van der Waals surface area contributed by atoms with E-state index in [0.717, 1.165) is 5.57 Å². The van der Waals surface area contributed by atoms with Crippen LogP contribution in [0, 0.1) is 5.92 Å². The predicted octanol–water partition coefficient (Wildman–Crippen LogP) is 1.91. The monoisotopic (exact) mass is 200 g/mol. The van der Waals surface area contributed by atoms with Gasteiger partial charge >= 0.3 is 0 Å². The van der Waals surface area contributed by atoms with Crippen molar-refractivity contribution in [1.82, 2.24) is 0 Å². The molecule has 0 aromatic heterocycles. The zero-order valence-corrected chi connectivity index (χ0v) is 8.43. The fourth-order valence-electron chi connectivity index (χ4n) is 1.31. The molecule has 72 valence electrons. The number of hydrogen-bond donors (Lipinski definition) is 1. The van der Waals surface area contributed by atoms with E-state index < -0.39 is 10.1 Å². The average Bonchev–Trinajstić information content (AvgIpc) is 1.94. The van der Waals surface area contributed by atoms with Crippen LogP contribution in [0.3, 0.4) is 0 Å². The van der Waals surface area contributed by atoms with E-state index in [2.05, 4.69) is 6.58 Å². The summed E-state index contributed by atoms with van der Waals surface area (Å²) in [5.41, 5.74) is 1.26. The van der Waals surface area contributed by atoms with Crippen molar-refractivity contribution in [2.24, 2.45) is 5.92 Å². The second kappa shape index (κ2) is 3.12. The molecule has 0 fully saturated rings. The smallest absolute Gasteiger partial charge is 0.282 e. The summed E-state index contributed by atoms with van der Waals surface area (Å²) < 4.78 is 30.6. The van der Waals surface area contributed by atoms with Gasteiger partial charge in [-0.1, -0.05) is 25.2 Å². The normalized spacial score (nSPS) is 23.9. The Morgan fingerprint density at radius 1 is 1.54 bits per heavy atom. The molecule has 0 bridgehead atoms. The molecular weight excluding hydrogens is 188 g/mol. The molecule has 1 rings (SSSR count). The van der Waals surface area contributed by atoms with Crippen molar-refractivity contribution in [2.75, 3.05) is 0 Å². The Bertz CT molecular complexity index is 399. The molecule has 0 saturated heterocycles. The van der Waals surface area contributed by atoms with Gasteiger partial charge in [0, 0.05) is 5.92 Å². The largest absolute Gasteiger partial charge is 0.294 e. The van der Waals surface area contributed by atoms with Gasteiger partial charge in [-0.2, -0.15) is 8.42 Å². The third-order valence-electron chi connectivity index (χ3n) is 2.02. The second-order valence-electron chi connectivity index (χ2n) is 3.21. The number of allylic oxidation sites excluding steroid dienone is 4. The summed E-state index contributed by atoms with van der Waals surface area (Å²) in [5.74, 6) is -0.0399. The molecule has 0 spiro atoms. The minimum Gasteiger partial charge on any atom is -0.282 e. The summed E-state index contributed by atoms with van der Waals surface area (Å²) >= 11 is 0. The maximum Gasteiger partial charge on any atom is 0.294 e. The van der Waals surface area contributed by atoms with Gasteiger partial charge in [0.25, 0.3) is 10.1 Å². The zero-order valence-electron chi connectivity index (χ0n) is 7.61. The van der Waals surface area contributed by atoms with Crippen LogP contribution in [0.15, 0.2) is 34.8 Å². The molecule has 0 amide bonds. The van der Waals surface area contributed by atoms with Crippen molar-refractivity contribution in [3.8, 4) is 0 Å². The lowest BCUT2D eigenvalue weighted by Gasteiger charge is -2.17. The van der Waals surface area contributed by atoms with Crippen LogP contribution < -0.4 is 0 Å². The van der Waals surface area contributed by atoms with Gasteiger partial charge in [0.2, 0.25) is 0 Å². The molecule has 1 N–H and O–H groups in total. The zero-order chi connectivity index (χ0) is 10.2. The van der Waals surface area contributed by atoms with Crippen LogP contribution in [0.5, 0.6) is 0 Å². The first-order valence-electron chi connectivity index (χ1n) is 3.89. The Balaban J connectivity index is 3.26. The van der Waals surface area contributed by atoms with Crippen LogP contribution in [0.1, 0.15) is 13.8 Å². The van der Waals surface area contributed by atoms with E-state index in [1.807, 2.05) is 13.0 Å². The molecule has 0 aliphatic heterocycles. The Hall–Kier alpha value is -0.870. The van der Waals surface area contributed by atoms with E-state index in [9.17, 15) is 8.42 Å². The minimum absolute atomic E-state index is 0.0399. The summed E-state index contributed by atoms with van der Waals surface area (Å²) in [4.78, 5) is -0.0694. The highest BCUT2D eigenvalue weighted by Gasteiger charge is 2.23. The van der Waals surface area contributed by atoms with Crippen molar-refractivity contribution in [1.29, 1.82) is 0 Å². The molecule has 4 heteroatoms. The standard InChI is InChI=1S/C9H12O3S/c1-6-4-7(2)8(3)9(5-6)13(10,11)12/h4-5,7H,3H2,1-2H3,(H,10,11,12). The average molecular weight is 200 g/mol. The minimum atomic E-state index is -4.12. The van der Waals surface area contributed by atoms with E-state index in [1.54, 1.807) is 6.92 Å². The molecular formula is C9H12O3S. The van der Waals surface area contributed by atoms with E-state index in [-0.39, 0.29) is 10.8 Å². The van der Waals surface area contributed by atoms with Crippen molar-refractivity contribution >= 4 is 10.1 Å². The summed E-state index contributed by atoms with van der Waals surface area (Å²) in [7, 11) is -4.12. The lowest BCUT2D eigenvalue weighted by atomic mass is 9.94. The van der Waals surface area contributed by atoms with Gasteiger partial charge in [-0.15, -0.1) is 0 Å². The summed E-state index contributed by atoms with van der Waals surface area (Å²) in [5, 5.41) is 0. The molecule has 0 aromatic carbocycles. The van der Waals surface area contributed by atoms with Gasteiger partial charge in [-0.25, -0.2) is 0 Å². The first-order chi connectivity index (χ1) is 5.82. The Morgan fingerprint density at radius 2 is 2.08 bits per heavy atom. The highest BCUT2D eigenvalue weighted by molar-refractivity contribution is 7.90. The van der Waals surface area contributed by atoms with Crippen LogP contribution >= 0.6 is 0 Å². The Kier molecular flexibility index (Phi) is 2.45. The lowest BCUT2D eigenvalue weighted by Crippen LogP contribution is -2.12. The van der Waals surface area contributed by atoms with Crippen LogP contribution in [-0.4, -0.2) is 13.0 Å². The highest BCUT2D eigenvalue weighted by atomic mass is 32.2. The van der Waals surface area contributed by atoms with E-state index in [1.165, 1.54) is 6.08 Å². The molecule has 0 radical (unpaired) electrons. The third-order valence-corrected chi connectivity index (χ3v) is 2.95. The van der Waals surface area contributed by atoms with Crippen LogP contribution in [0.4, 0.5) is 0 Å². The summed E-state index contributed by atoms with van der Waals surface area (Å²) in [6.45, 7) is 7.25. The third kappa shape index (κ3) is 2.08. The fraction of sp³-hybridized carbons (Fsp3) is 0.333. The first kappa shape index (κ1) is 10.2. The van der Waals surface area contributed by atoms with Gasteiger partial charge in [0.1, 0.15) is 0 Å². The van der Waals surface area contributed by atoms with Gasteiger partial charge in [0.05, 0.1) is 4.91 Å². The molecule has 0 aromatic rings. The molecule has 3 nitrogen and oxygen atoms in total. The fourth-order valence-corrected chi connectivity index (χ4v) is 2.16. The van der Waals surface area contributed by atoms with Gasteiger partial charge < -0.3 is 0 Å². The molecule has 1 atom stereocenters. The van der Waals surface area contributed by atoms with E-state index in [4.69, 9.17) is 4.55 Å². The summed E-state index contributed by atoms with van der Waals surface area (Å²) in [6, 6.07) is 0. The van der Waals surface area contributed by atoms with Gasteiger partial charge in [-0.05, 0) is 18.6 Å². The SMILES string of the molecule is C=C1C(S(=O)(=O)O)=CC(C)=CC1C. The summed E-state index contributed by atoms with van der Waals surface area (Å²) in [6.07, 6.45) is 3.33. The van der Waals surface area contributed by atoms with E-state index >= 15 is 0 Å². The lowest BCUT2D eigenvalue weighted by molar-refractivity contribution is 0.490. The maximum atomic E-state index is 10.9. The van der Waals surface area contributed by atoms with Crippen LogP contribution in [0.25, 0.3) is 0 Å². The maximum absolute atomic E-state index is 10.9. The molecule has 0 saturated carbocycles. The number of hydrogen-bond acceptors (Lipinski definition) is 2. The van der Waals surface area contributed by atoms with Gasteiger partial charge in [0.15, 0.2) is 0 Å². The van der Waals surface area contributed by atoms with Crippen LogP contribution in [-0.2, 0) is 10.1 Å². The Morgan fingerprint density at radius 3 is 2.54 bits per heavy atom. The molecule has 1 aliphatic rings. The topological polar surface area (TPSA) is 54.4 Å². The molecule has 1 unspecified atom stereocenters. The Labute approximate surface area is 78.2 Å². The predicted molar refractivity (Wildman–Crippen MR) is 51.7 cm³/mol. The second-order valence-corrected chi connectivity index (χ2v) is 4.60. The first-order valence-corrected chi connectivity index (χ1v) is 5.33. The van der Waals surface area contributed by atoms with Crippen molar-refractivity contribution in [3.63, 3.8) is 0 Å². The van der Waals surface area contributed by atoms with Crippen molar-refractivity contribution < 1.29 is 13.0 Å².